The molecule has 0 atom stereocenters. The number of furan rings is 1. The standard InChI is InChI=1S/C20H20FN3O4S/c1-3-29(26,27)24-18-14(11-4-5-11)10-15-16(19(25)22-2)17(28-20(15)23-18)12-6-8-13(21)9-7-12/h6-11H,3-5H2,1-2H3,(H,22,25)(H,23,24). The molecule has 0 spiro atoms. The third kappa shape index (κ3) is 3.69. The number of hydrogen-bond donors (Lipinski definition) is 2. The molecule has 1 fully saturated rings. The summed E-state index contributed by atoms with van der Waals surface area (Å²) in [4.78, 5) is 17.0. The Morgan fingerprint density at radius 1 is 1.28 bits per heavy atom. The second-order valence-corrected chi connectivity index (χ2v) is 8.96. The molecule has 2 aromatic heterocycles. The van der Waals surface area contributed by atoms with E-state index in [1.807, 2.05) is 0 Å². The average Bonchev–Trinajstić information content (AvgIpc) is 3.48. The van der Waals surface area contributed by atoms with Crippen molar-refractivity contribution in [3.63, 3.8) is 0 Å². The van der Waals surface area contributed by atoms with E-state index in [0.29, 0.717) is 10.9 Å². The number of carbonyl (C=O) groups is 1. The number of anilines is 1. The fourth-order valence-corrected chi connectivity index (χ4v) is 3.80. The summed E-state index contributed by atoms with van der Waals surface area (Å²) in [7, 11) is -2.02. The Bertz CT molecular complexity index is 1200. The van der Waals surface area contributed by atoms with E-state index < -0.39 is 15.8 Å². The molecule has 2 heterocycles. The molecule has 1 aromatic carbocycles. The van der Waals surface area contributed by atoms with E-state index in [2.05, 4.69) is 15.0 Å². The summed E-state index contributed by atoms with van der Waals surface area (Å²) in [5.74, 6) is -0.193. The highest BCUT2D eigenvalue weighted by molar-refractivity contribution is 7.92. The Balaban J connectivity index is 1.95. The molecule has 29 heavy (non-hydrogen) atoms. The van der Waals surface area contributed by atoms with Crippen LogP contribution >= 0.6 is 0 Å². The SMILES string of the molecule is CCS(=O)(=O)Nc1nc2oc(-c3ccc(F)cc3)c(C(=O)NC)c2cc1C1CC1. The molecule has 9 heteroatoms. The Morgan fingerprint density at radius 2 is 1.97 bits per heavy atom. The number of sulfonamides is 1. The van der Waals surface area contributed by atoms with Crippen molar-refractivity contribution in [3.8, 4) is 11.3 Å². The zero-order chi connectivity index (χ0) is 20.8. The number of benzene rings is 1. The maximum atomic E-state index is 13.3. The molecule has 152 valence electrons. The van der Waals surface area contributed by atoms with Crippen LogP contribution in [-0.2, 0) is 10.0 Å². The number of fused-ring (bicyclic) bond motifs is 1. The molecular weight excluding hydrogens is 397 g/mol. The predicted octanol–water partition coefficient (Wildman–Crippen LogP) is 3.63. The van der Waals surface area contributed by atoms with Crippen LogP contribution in [0.15, 0.2) is 34.7 Å². The van der Waals surface area contributed by atoms with Gasteiger partial charge in [-0.3, -0.25) is 9.52 Å². The molecule has 0 aliphatic heterocycles. The minimum Gasteiger partial charge on any atom is -0.437 e. The molecule has 1 aliphatic rings. The number of carbonyl (C=O) groups excluding carboxylic acids is 1. The summed E-state index contributed by atoms with van der Waals surface area (Å²) in [5.41, 5.74) is 1.69. The van der Waals surface area contributed by atoms with Gasteiger partial charge < -0.3 is 9.73 Å². The van der Waals surface area contributed by atoms with Crippen molar-refractivity contribution in [2.75, 3.05) is 17.5 Å². The van der Waals surface area contributed by atoms with E-state index in [4.69, 9.17) is 4.42 Å². The fourth-order valence-electron chi connectivity index (χ4n) is 3.20. The Kier molecular flexibility index (Phi) is 4.77. The van der Waals surface area contributed by atoms with Crippen LogP contribution in [0.4, 0.5) is 10.2 Å². The number of amides is 1. The summed E-state index contributed by atoms with van der Waals surface area (Å²) in [6.07, 6.45) is 1.85. The van der Waals surface area contributed by atoms with Crippen molar-refractivity contribution in [2.45, 2.75) is 25.7 Å². The van der Waals surface area contributed by atoms with Crippen LogP contribution in [-0.4, -0.2) is 32.1 Å². The zero-order valence-corrected chi connectivity index (χ0v) is 16.8. The smallest absolute Gasteiger partial charge is 0.255 e. The highest BCUT2D eigenvalue weighted by atomic mass is 32.2. The Labute approximate surface area is 167 Å². The van der Waals surface area contributed by atoms with Gasteiger partial charge in [-0.25, -0.2) is 12.8 Å². The molecule has 1 aliphatic carbocycles. The van der Waals surface area contributed by atoms with Crippen molar-refractivity contribution in [1.29, 1.82) is 0 Å². The lowest BCUT2D eigenvalue weighted by Gasteiger charge is -2.10. The van der Waals surface area contributed by atoms with Gasteiger partial charge in [-0.2, -0.15) is 4.98 Å². The van der Waals surface area contributed by atoms with Gasteiger partial charge in [0, 0.05) is 12.6 Å². The molecule has 0 saturated heterocycles. The van der Waals surface area contributed by atoms with Gasteiger partial charge >= 0.3 is 0 Å². The number of rotatable bonds is 6. The van der Waals surface area contributed by atoms with Crippen LogP contribution < -0.4 is 10.0 Å². The average molecular weight is 417 g/mol. The molecule has 7 nitrogen and oxygen atoms in total. The quantitative estimate of drug-likeness (QED) is 0.638. The number of nitrogens with one attached hydrogen (secondary N) is 2. The highest BCUT2D eigenvalue weighted by Crippen LogP contribution is 2.45. The molecule has 4 rings (SSSR count). The van der Waals surface area contributed by atoms with Crippen LogP contribution in [0.2, 0.25) is 0 Å². The minimum atomic E-state index is -3.53. The van der Waals surface area contributed by atoms with E-state index in [-0.39, 0.29) is 40.4 Å². The highest BCUT2D eigenvalue weighted by Gasteiger charge is 2.31. The third-order valence-corrected chi connectivity index (χ3v) is 6.19. The molecular formula is C20H20FN3O4S. The summed E-state index contributed by atoms with van der Waals surface area (Å²) in [6.45, 7) is 1.54. The number of hydrogen-bond acceptors (Lipinski definition) is 5. The van der Waals surface area contributed by atoms with Gasteiger partial charge in [0.25, 0.3) is 5.91 Å². The zero-order valence-electron chi connectivity index (χ0n) is 16.0. The minimum absolute atomic E-state index is 0.0840. The number of pyridine rings is 1. The van der Waals surface area contributed by atoms with E-state index in [9.17, 15) is 17.6 Å². The first-order chi connectivity index (χ1) is 13.8. The van der Waals surface area contributed by atoms with Crippen molar-refractivity contribution >= 4 is 32.8 Å². The van der Waals surface area contributed by atoms with Gasteiger partial charge in [-0.1, -0.05) is 0 Å². The molecule has 1 saturated carbocycles. The number of aromatic nitrogens is 1. The summed E-state index contributed by atoms with van der Waals surface area (Å²) in [5, 5.41) is 3.09. The lowest BCUT2D eigenvalue weighted by atomic mass is 10.0. The second-order valence-electron chi connectivity index (χ2n) is 6.95. The maximum Gasteiger partial charge on any atom is 0.255 e. The summed E-state index contributed by atoms with van der Waals surface area (Å²) < 4.78 is 45.9. The summed E-state index contributed by atoms with van der Waals surface area (Å²) in [6, 6.07) is 7.36. The third-order valence-electron chi connectivity index (χ3n) is 4.92. The first-order valence-corrected chi connectivity index (χ1v) is 10.9. The Morgan fingerprint density at radius 3 is 2.55 bits per heavy atom. The van der Waals surface area contributed by atoms with E-state index in [1.54, 1.807) is 13.0 Å². The van der Waals surface area contributed by atoms with Gasteiger partial charge in [0.2, 0.25) is 15.7 Å². The van der Waals surface area contributed by atoms with Gasteiger partial charge in [0.05, 0.1) is 16.7 Å². The lowest BCUT2D eigenvalue weighted by molar-refractivity contribution is 0.0964. The lowest BCUT2D eigenvalue weighted by Crippen LogP contribution is -2.18. The Hall–Kier alpha value is -2.94. The topological polar surface area (TPSA) is 101 Å². The number of nitrogens with zero attached hydrogens (tertiary/aromatic N) is 1. The van der Waals surface area contributed by atoms with E-state index in [0.717, 1.165) is 18.4 Å². The molecule has 0 bridgehead atoms. The van der Waals surface area contributed by atoms with E-state index >= 15 is 0 Å². The van der Waals surface area contributed by atoms with Crippen molar-refractivity contribution in [3.05, 3.63) is 47.3 Å². The first kappa shape index (κ1) is 19.4. The molecule has 1 amide bonds. The predicted molar refractivity (Wildman–Crippen MR) is 108 cm³/mol. The van der Waals surface area contributed by atoms with Crippen molar-refractivity contribution in [1.82, 2.24) is 10.3 Å². The molecule has 3 aromatic rings. The second kappa shape index (κ2) is 7.14. The number of halogens is 1. The molecule has 0 radical (unpaired) electrons. The van der Waals surface area contributed by atoms with E-state index in [1.165, 1.54) is 31.3 Å². The molecule has 2 N–H and O–H groups in total. The van der Waals surface area contributed by atoms with Gasteiger partial charge in [-0.15, -0.1) is 0 Å². The van der Waals surface area contributed by atoms with Gasteiger partial charge in [0.15, 0.2) is 0 Å². The summed E-state index contributed by atoms with van der Waals surface area (Å²) >= 11 is 0. The molecule has 0 unspecified atom stereocenters. The van der Waals surface area contributed by atoms with Gasteiger partial charge in [0.1, 0.15) is 17.4 Å². The van der Waals surface area contributed by atoms with Crippen LogP contribution in [0.25, 0.3) is 22.4 Å². The fraction of sp³-hybridized carbons (Fsp3) is 0.300. The van der Waals surface area contributed by atoms with Crippen LogP contribution in [0.3, 0.4) is 0 Å². The largest absolute Gasteiger partial charge is 0.437 e. The van der Waals surface area contributed by atoms with Gasteiger partial charge in [-0.05, 0) is 61.6 Å². The van der Waals surface area contributed by atoms with Crippen LogP contribution in [0.1, 0.15) is 41.6 Å². The van der Waals surface area contributed by atoms with Crippen molar-refractivity contribution in [2.24, 2.45) is 0 Å². The van der Waals surface area contributed by atoms with Crippen LogP contribution in [0, 0.1) is 5.82 Å². The first-order valence-electron chi connectivity index (χ1n) is 9.29. The van der Waals surface area contributed by atoms with Crippen LogP contribution in [0.5, 0.6) is 0 Å². The monoisotopic (exact) mass is 417 g/mol. The maximum absolute atomic E-state index is 13.3. The van der Waals surface area contributed by atoms with Crippen molar-refractivity contribution < 1.29 is 22.0 Å². The normalized spacial score (nSPS) is 14.2.